The molecule has 2 aliphatic rings. The fraction of sp³-hybridized carbons (Fsp3) is 0.846. The van der Waals surface area contributed by atoms with Gasteiger partial charge in [-0.15, -0.1) is 0 Å². The molecule has 170 valence electrons. The molecule has 1 saturated carbocycles. The molecular formula is C26H45N3O. The van der Waals surface area contributed by atoms with Crippen LogP contribution in [0.4, 0.5) is 0 Å². The lowest BCUT2D eigenvalue weighted by atomic mass is 9.72. The van der Waals surface area contributed by atoms with Crippen LogP contribution >= 0.6 is 0 Å². The first-order chi connectivity index (χ1) is 14.6. The fourth-order valence-corrected chi connectivity index (χ4v) is 5.37. The lowest BCUT2D eigenvalue weighted by molar-refractivity contribution is -0.132. The third kappa shape index (κ3) is 5.75. The molecule has 2 fully saturated rings. The highest BCUT2D eigenvalue weighted by atomic mass is 16.1. The van der Waals surface area contributed by atoms with Gasteiger partial charge in [0.15, 0.2) is 0 Å². The second-order valence-corrected chi connectivity index (χ2v) is 10.0. The molecule has 30 heavy (non-hydrogen) atoms. The van der Waals surface area contributed by atoms with Crippen molar-refractivity contribution in [3.05, 3.63) is 18.0 Å². The SMILES string of the molecule is CCCCCCC(CC)C(=O)[C@H]1C[C@H](N2CCC(n3cc(C(C)CC)cn3)CC2)C1. The minimum Gasteiger partial charge on any atom is -0.300 e. The summed E-state index contributed by atoms with van der Waals surface area (Å²) in [5.74, 6) is 1.84. The smallest absolute Gasteiger partial charge is 0.139 e. The number of rotatable bonds is 12. The lowest BCUT2D eigenvalue weighted by Crippen LogP contribution is -2.50. The summed E-state index contributed by atoms with van der Waals surface area (Å²) < 4.78 is 2.22. The Hall–Kier alpha value is -1.16. The summed E-state index contributed by atoms with van der Waals surface area (Å²) in [4.78, 5) is 15.6. The molecule has 3 rings (SSSR count). The number of ketones is 1. The van der Waals surface area contributed by atoms with E-state index >= 15 is 0 Å². The van der Waals surface area contributed by atoms with Crippen LogP contribution in [0.1, 0.15) is 116 Å². The van der Waals surface area contributed by atoms with Crippen LogP contribution in [-0.4, -0.2) is 39.6 Å². The number of nitrogens with zero attached hydrogens (tertiary/aromatic N) is 3. The molecule has 1 aromatic heterocycles. The van der Waals surface area contributed by atoms with Crippen molar-refractivity contribution in [2.45, 2.75) is 116 Å². The molecule has 0 bridgehead atoms. The van der Waals surface area contributed by atoms with E-state index < -0.39 is 0 Å². The summed E-state index contributed by atoms with van der Waals surface area (Å²) in [5.41, 5.74) is 1.38. The Kier molecular flexibility index (Phi) is 8.98. The van der Waals surface area contributed by atoms with E-state index in [0.29, 0.717) is 35.6 Å². The molecule has 2 heterocycles. The first-order valence-electron chi connectivity index (χ1n) is 12.9. The van der Waals surface area contributed by atoms with Crippen molar-refractivity contribution in [1.82, 2.24) is 14.7 Å². The van der Waals surface area contributed by atoms with Crippen LogP contribution in [0.2, 0.25) is 0 Å². The van der Waals surface area contributed by atoms with Crippen molar-refractivity contribution in [1.29, 1.82) is 0 Å². The number of hydrogen-bond acceptors (Lipinski definition) is 3. The van der Waals surface area contributed by atoms with E-state index in [1.165, 1.54) is 50.5 Å². The minimum atomic E-state index is 0.318. The van der Waals surface area contributed by atoms with Crippen molar-refractivity contribution >= 4 is 5.78 Å². The van der Waals surface area contributed by atoms with Gasteiger partial charge in [-0.2, -0.15) is 5.10 Å². The van der Waals surface area contributed by atoms with Crippen LogP contribution in [0.3, 0.4) is 0 Å². The average Bonchev–Trinajstić information content (AvgIpc) is 3.23. The van der Waals surface area contributed by atoms with Crippen molar-refractivity contribution in [3.8, 4) is 0 Å². The molecule has 2 unspecified atom stereocenters. The molecule has 1 aliphatic heterocycles. The van der Waals surface area contributed by atoms with Gasteiger partial charge >= 0.3 is 0 Å². The summed E-state index contributed by atoms with van der Waals surface area (Å²) in [5, 5.41) is 4.67. The normalized spacial score (nSPS) is 25.1. The van der Waals surface area contributed by atoms with E-state index in [-0.39, 0.29) is 0 Å². The molecule has 0 spiro atoms. The lowest BCUT2D eigenvalue weighted by Gasteiger charge is -2.46. The monoisotopic (exact) mass is 415 g/mol. The van der Waals surface area contributed by atoms with E-state index in [2.05, 4.69) is 54.8 Å². The number of carbonyl (C=O) groups excluding carboxylic acids is 1. The van der Waals surface area contributed by atoms with Gasteiger partial charge in [-0.05, 0) is 56.4 Å². The maximum atomic E-state index is 12.9. The average molecular weight is 416 g/mol. The zero-order chi connectivity index (χ0) is 21.5. The van der Waals surface area contributed by atoms with Crippen molar-refractivity contribution in [2.24, 2.45) is 11.8 Å². The molecule has 1 saturated heterocycles. The minimum absolute atomic E-state index is 0.318. The van der Waals surface area contributed by atoms with Gasteiger partial charge in [-0.3, -0.25) is 9.48 Å². The molecule has 2 atom stereocenters. The van der Waals surface area contributed by atoms with Gasteiger partial charge in [0, 0.05) is 37.2 Å². The summed E-state index contributed by atoms with van der Waals surface area (Å²) in [7, 11) is 0. The van der Waals surface area contributed by atoms with E-state index in [0.717, 1.165) is 38.8 Å². The number of hydrogen-bond donors (Lipinski definition) is 0. The molecule has 1 aliphatic carbocycles. The van der Waals surface area contributed by atoms with Crippen molar-refractivity contribution in [3.63, 3.8) is 0 Å². The quantitative estimate of drug-likeness (QED) is 0.372. The molecule has 0 radical (unpaired) electrons. The molecule has 1 aromatic rings. The Labute approximate surface area is 184 Å². The summed E-state index contributed by atoms with van der Waals surface area (Å²) in [6, 6.07) is 1.19. The van der Waals surface area contributed by atoms with E-state index in [9.17, 15) is 4.79 Å². The Morgan fingerprint density at radius 1 is 1.07 bits per heavy atom. The van der Waals surface area contributed by atoms with Gasteiger partial charge in [0.2, 0.25) is 0 Å². The predicted molar refractivity (Wildman–Crippen MR) is 125 cm³/mol. The van der Waals surface area contributed by atoms with Crippen LogP contribution < -0.4 is 0 Å². The highest BCUT2D eigenvalue weighted by Gasteiger charge is 2.40. The molecule has 4 nitrogen and oxygen atoms in total. The maximum absolute atomic E-state index is 12.9. The van der Waals surface area contributed by atoms with Gasteiger partial charge in [-0.1, -0.05) is 53.4 Å². The largest absolute Gasteiger partial charge is 0.300 e. The molecule has 0 N–H and O–H groups in total. The van der Waals surface area contributed by atoms with Gasteiger partial charge in [0.05, 0.1) is 12.2 Å². The first-order valence-corrected chi connectivity index (χ1v) is 12.9. The van der Waals surface area contributed by atoms with Gasteiger partial charge in [0.25, 0.3) is 0 Å². The first kappa shape index (κ1) is 23.5. The summed E-state index contributed by atoms with van der Waals surface area (Å²) in [6.45, 7) is 11.3. The van der Waals surface area contributed by atoms with Gasteiger partial charge in [0.1, 0.15) is 5.78 Å². The van der Waals surface area contributed by atoms with Crippen molar-refractivity contribution < 1.29 is 4.79 Å². The highest BCUT2D eigenvalue weighted by Crippen LogP contribution is 2.38. The molecule has 0 aromatic carbocycles. The van der Waals surface area contributed by atoms with Crippen LogP contribution in [0.5, 0.6) is 0 Å². The number of piperidine rings is 1. The number of unbranched alkanes of at least 4 members (excludes halogenated alkanes) is 3. The highest BCUT2D eigenvalue weighted by molar-refractivity contribution is 5.84. The van der Waals surface area contributed by atoms with Gasteiger partial charge < -0.3 is 4.90 Å². The zero-order valence-electron chi connectivity index (χ0n) is 20.0. The van der Waals surface area contributed by atoms with Crippen LogP contribution in [0, 0.1) is 11.8 Å². The van der Waals surface area contributed by atoms with E-state index in [1.54, 1.807) is 0 Å². The number of carbonyl (C=O) groups is 1. The standard InChI is InChI=1S/C26H45N3O/c1-5-8-9-10-11-21(7-3)26(30)22-16-25(17-22)28-14-12-24(13-15-28)29-19-23(18-27-29)20(4)6-2/h18-22,24-25H,5-17H2,1-4H3/t20?,21?,22-,25-. The Bertz CT molecular complexity index is 640. The van der Waals surface area contributed by atoms with Gasteiger partial charge in [-0.25, -0.2) is 0 Å². The third-order valence-electron chi connectivity index (χ3n) is 8.01. The third-order valence-corrected chi connectivity index (χ3v) is 8.01. The number of aromatic nitrogens is 2. The Balaban J connectivity index is 1.39. The Morgan fingerprint density at radius 2 is 1.80 bits per heavy atom. The number of Topliss-reactive ketones (excluding diaryl/α,β-unsaturated/α-hetero) is 1. The van der Waals surface area contributed by atoms with Crippen LogP contribution in [-0.2, 0) is 4.79 Å². The van der Waals surface area contributed by atoms with Crippen LogP contribution in [0.15, 0.2) is 12.4 Å². The van der Waals surface area contributed by atoms with Crippen LogP contribution in [0.25, 0.3) is 0 Å². The predicted octanol–water partition coefficient (Wildman–Crippen LogP) is 6.38. The van der Waals surface area contributed by atoms with E-state index in [4.69, 9.17) is 0 Å². The Morgan fingerprint density at radius 3 is 2.43 bits per heavy atom. The second-order valence-electron chi connectivity index (χ2n) is 10.0. The van der Waals surface area contributed by atoms with E-state index in [1.807, 2.05) is 0 Å². The summed E-state index contributed by atoms with van der Waals surface area (Å²) >= 11 is 0. The molecular weight excluding hydrogens is 370 g/mol. The topological polar surface area (TPSA) is 38.1 Å². The molecule has 4 heteroatoms. The zero-order valence-corrected chi connectivity index (χ0v) is 20.0. The maximum Gasteiger partial charge on any atom is 0.139 e. The summed E-state index contributed by atoms with van der Waals surface area (Å²) in [6.07, 6.45) is 17.3. The van der Waals surface area contributed by atoms with Crippen molar-refractivity contribution in [2.75, 3.05) is 13.1 Å². The fourth-order valence-electron chi connectivity index (χ4n) is 5.37. The molecule has 0 amide bonds. The number of likely N-dealkylation sites (tertiary alicyclic amines) is 1. The second kappa shape index (κ2) is 11.5.